The molecule has 0 atom stereocenters. The van der Waals surface area contributed by atoms with Gasteiger partial charge >= 0.3 is 0 Å². The second-order valence-electron chi connectivity index (χ2n) is 9.53. The van der Waals surface area contributed by atoms with Crippen molar-refractivity contribution in [3.8, 4) is 0 Å². The summed E-state index contributed by atoms with van der Waals surface area (Å²) in [5.41, 5.74) is 5.76. The number of hydrogen-bond acceptors (Lipinski definition) is 4. The van der Waals surface area contributed by atoms with Gasteiger partial charge in [-0.2, -0.15) is 0 Å². The summed E-state index contributed by atoms with van der Waals surface area (Å²) in [4.78, 5) is 17.8. The highest BCUT2D eigenvalue weighted by atomic mass is 16.5. The minimum absolute atomic E-state index is 0.00388. The molecular weight excluding hydrogens is 376 g/mol. The molecule has 2 aromatic rings. The van der Waals surface area contributed by atoms with Crippen LogP contribution >= 0.6 is 0 Å². The molecule has 0 spiro atoms. The number of morpholine rings is 1. The number of hydrazine groups is 1. The molecule has 1 saturated heterocycles. The van der Waals surface area contributed by atoms with Crippen molar-refractivity contribution in [2.45, 2.75) is 71.3 Å². The minimum atomic E-state index is -0.0723. The van der Waals surface area contributed by atoms with E-state index in [1.165, 1.54) is 32.1 Å². The molecule has 6 nitrogen and oxygen atoms in total. The number of hydrogen-bond donors (Lipinski definition) is 1. The number of aromatic nitrogens is 2. The molecule has 164 valence electrons. The summed E-state index contributed by atoms with van der Waals surface area (Å²) < 4.78 is 7.80. The van der Waals surface area contributed by atoms with Gasteiger partial charge in [0.1, 0.15) is 5.82 Å². The average Bonchev–Trinajstić information content (AvgIpc) is 3.13. The number of amides is 1. The van der Waals surface area contributed by atoms with Gasteiger partial charge in [-0.3, -0.25) is 10.2 Å². The van der Waals surface area contributed by atoms with Crippen LogP contribution in [0.3, 0.4) is 0 Å². The first-order valence-corrected chi connectivity index (χ1v) is 11.6. The van der Waals surface area contributed by atoms with E-state index in [0.717, 1.165) is 48.8 Å². The van der Waals surface area contributed by atoms with Crippen LogP contribution in [-0.4, -0.2) is 46.8 Å². The van der Waals surface area contributed by atoms with Gasteiger partial charge in [0.2, 0.25) is 0 Å². The maximum Gasteiger partial charge on any atom is 0.265 e. The number of carbonyl (C=O) groups is 1. The summed E-state index contributed by atoms with van der Waals surface area (Å²) in [6.45, 7) is 10.6. The third-order valence-corrected chi connectivity index (χ3v) is 6.94. The van der Waals surface area contributed by atoms with Gasteiger partial charge in [-0.05, 0) is 43.4 Å². The molecule has 1 aromatic heterocycles. The Bertz CT molecular complexity index is 877. The van der Waals surface area contributed by atoms with Crippen molar-refractivity contribution in [2.24, 2.45) is 5.92 Å². The second-order valence-corrected chi connectivity index (χ2v) is 9.53. The first-order valence-electron chi connectivity index (χ1n) is 11.6. The Labute approximate surface area is 179 Å². The van der Waals surface area contributed by atoms with Crippen LogP contribution in [0.2, 0.25) is 0 Å². The molecule has 0 unspecified atom stereocenters. The Morgan fingerprint density at radius 1 is 1.20 bits per heavy atom. The van der Waals surface area contributed by atoms with Crippen molar-refractivity contribution in [1.82, 2.24) is 20.0 Å². The Hall–Kier alpha value is -1.92. The van der Waals surface area contributed by atoms with E-state index < -0.39 is 0 Å². The number of ether oxygens (including phenoxy) is 1. The van der Waals surface area contributed by atoms with Gasteiger partial charge in [-0.1, -0.05) is 40.0 Å². The van der Waals surface area contributed by atoms with Crippen molar-refractivity contribution in [1.29, 1.82) is 0 Å². The lowest BCUT2D eigenvalue weighted by Gasteiger charge is -2.28. The predicted molar refractivity (Wildman–Crippen MR) is 119 cm³/mol. The lowest BCUT2D eigenvalue weighted by Crippen LogP contribution is -2.48. The lowest BCUT2D eigenvalue weighted by atomic mass is 9.87. The summed E-state index contributed by atoms with van der Waals surface area (Å²) in [6, 6.07) is 5.99. The molecule has 30 heavy (non-hydrogen) atoms. The molecule has 0 bridgehead atoms. The topological polar surface area (TPSA) is 59.4 Å². The van der Waals surface area contributed by atoms with Crippen LogP contribution in [0.15, 0.2) is 18.2 Å². The van der Waals surface area contributed by atoms with Crippen LogP contribution in [0, 0.1) is 5.92 Å². The molecule has 1 aliphatic carbocycles. The van der Waals surface area contributed by atoms with Crippen molar-refractivity contribution < 1.29 is 9.53 Å². The molecule has 1 aliphatic heterocycles. The zero-order valence-electron chi connectivity index (χ0n) is 18.7. The Kier molecular flexibility index (Phi) is 6.44. The largest absolute Gasteiger partial charge is 0.379 e. The smallest absolute Gasteiger partial charge is 0.265 e. The fourth-order valence-corrected chi connectivity index (χ4v) is 4.64. The monoisotopic (exact) mass is 412 g/mol. The van der Waals surface area contributed by atoms with E-state index in [1.54, 1.807) is 0 Å². The summed E-state index contributed by atoms with van der Waals surface area (Å²) in [6.07, 6.45) is 7.71. The number of imidazole rings is 1. The highest BCUT2D eigenvalue weighted by Crippen LogP contribution is 2.33. The third-order valence-electron chi connectivity index (χ3n) is 6.94. The van der Waals surface area contributed by atoms with Crippen LogP contribution in [0.5, 0.6) is 0 Å². The van der Waals surface area contributed by atoms with E-state index in [4.69, 9.17) is 9.72 Å². The SMILES string of the molecule is CCC(C)(C)c1nc2cc(C(=O)NN3CCOCC3)ccc2n1CC1CCCCC1. The van der Waals surface area contributed by atoms with E-state index in [0.29, 0.717) is 18.8 Å². The minimum Gasteiger partial charge on any atom is -0.379 e. The van der Waals surface area contributed by atoms with Gasteiger partial charge in [-0.25, -0.2) is 9.99 Å². The normalized spacial score (nSPS) is 19.3. The molecule has 1 aromatic carbocycles. The molecular formula is C24H36N4O2. The highest BCUT2D eigenvalue weighted by molar-refractivity contribution is 5.97. The number of benzene rings is 1. The molecule has 1 N–H and O–H groups in total. The third kappa shape index (κ3) is 4.54. The Morgan fingerprint density at radius 2 is 1.93 bits per heavy atom. The Morgan fingerprint density at radius 3 is 2.63 bits per heavy atom. The number of nitrogens with zero attached hydrogens (tertiary/aromatic N) is 3. The van der Waals surface area contributed by atoms with Gasteiger partial charge < -0.3 is 9.30 Å². The average molecular weight is 413 g/mol. The fraction of sp³-hybridized carbons (Fsp3) is 0.667. The summed E-state index contributed by atoms with van der Waals surface area (Å²) in [5.74, 6) is 1.81. The molecule has 2 heterocycles. The van der Waals surface area contributed by atoms with Crippen molar-refractivity contribution in [2.75, 3.05) is 26.3 Å². The van der Waals surface area contributed by atoms with Gasteiger partial charge in [0.15, 0.2) is 0 Å². The second kappa shape index (κ2) is 9.06. The van der Waals surface area contributed by atoms with Crippen LogP contribution in [0.4, 0.5) is 0 Å². The van der Waals surface area contributed by atoms with Gasteiger partial charge in [0.25, 0.3) is 5.91 Å². The maximum absolute atomic E-state index is 12.8. The molecule has 6 heteroatoms. The quantitative estimate of drug-likeness (QED) is 0.769. The fourth-order valence-electron chi connectivity index (χ4n) is 4.64. The van der Waals surface area contributed by atoms with E-state index in [1.807, 2.05) is 17.1 Å². The standard InChI is InChI=1S/C24H36N4O2/c1-4-24(2,3)23-25-20-16-19(22(29)26-27-12-14-30-15-13-27)10-11-21(20)28(23)17-18-8-6-5-7-9-18/h10-11,16,18H,4-9,12-15,17H2,1-3H3,(H,26,29). The van der Waals surface area contributed by atoms with Crippen LogP contribution in [0.1, 0.15) is 75.5 Å². The summed E-state index contributed by atoms with van der Waals surface area (Å²) in [7, 11) is 0. The van der Waals surface area contributed by atoms with E-state index in [-0.39, 0.29) is 11.3 Å². The number of rotatable bonds is 6. The molecule has 1 saturated carbocycles. The first-order chi connectivity index (χ1) is 14.5. The molecule has 4 rings (SSSR count). The Balaban J connectivity index is 1.63. The predicted octanol–water partition coefficient (Wildman–Crippen LogP) is 4.28. The number of fused-ring (bicyclic) bond motifs is 1. The van der Waals surface area contributed by atoms with Crippen LogP contribution < -0.4 is 5.43 Å². The highest BCUT2D eigenvalue weighted by Gasteiger charge is 2.28. The van der Waals surface area contributed by atoms with Crippen molar-refractivity contribution >= 4 is 16.9 Å². The molecule has 0 radical (unpaired) electrons. The van der Waals surface area contributed by atoms with E-state index in [2.05, 4.69) is 36.8 Å². The van der Waals surface area contributed by atoms with Crippen molar-refractivity contribution in [3.05, 3.63) is 29.6 Å². The number of nitrogens with one attached hydrogen (secondary N) is 1. The molecule has 2 fully saturated rings. The molecule has 2 aliphatic rings. The first kappa shape index (κ1) is 21.3. The van der Waals surface area contributed by atoms with E-state index in [9.17, 15) is 4.79 Å². The number of carbonyl (C=O) groups excluding carboxylic acids is 1. The zero-order chi connectivity index (χ0) is 21.1. The van der Waals surface area contributed by atoms with Gasteiger partial charge in [-0.15, -0.1) is 0 Å². The molecule has 1 amide bonds. The maximum atomic E-state index is 12.8. The van der Waals surface area contributed by atoms with E-state index >= 15 is 0 Å². The summed E-state index contributed by atoms with van der Waals surface area (Å²) in [5, 5.41) is 1.93. The van der Waals surface area contributed by atoms with Crippen LogP contribution in [-0.2, 0) is 16.7 Å². The van der Waals surface area contributed by atoms with Gasteiger partial charge in [0, 0.05) is 30.6 Å². The summed E-state index contributed by atoms with van der Waals surface area (Å²) >= 11 is 0. The zero-order valence-corrected chi connectivity index (χ0v) is 18.7. The van der Waals surface area contributed by atoms with Crippen LogP contribution in [0.25, 0.3) is 11.0 Å². The van der Waals surface area contributed by atoms with Crippen molar-refractivity contribution in [3.63, 3.8) is 0 Å². The van der Waals surface area contributed by atoms with Gasteiger partial charge in [0.05, 0.1) is 24.2 Å². The lowest BCUT2D eigenvalue weighted by molar-refractivity contribution is 0.0126.